The third-order valence-corrected chi connectivity index (χ3v) is 2.74. The van der Waals surface area contributed by atoms with Gasteiger partial charge >= 0.3 is 5.97 Å². The van der Waals surface area contributed by atoms with Crippen LogP contribution in [0.1, 0.15) is 34.6 Å². The number of carbonyl (C=O) groups is 1. The van der Waals surface area contributed by atoms with Gasteiger partial charge in [0.05, 0.1) is 19.8 Å². The van der Waals surface area contributed by atoms with Gasteiger partial charge < -0.3 is 14.2 Å². The van der Waals surface area contributed by atoms with E-state index in [4.69, 9.17) is 14.2 Å². The summed E-state index contributed by atoms with van der Waals surface area (Å²) in [5.41, 5.74) is 0. The second-order valence-corrected chi connectivity index (χ2v) is 4.64. The van der Waals surface area contributed by atoms with Crippen LogP contribution < -0.4 is 0 Å². The number of aliphatic imine (C=N–C) groups is 2. The first-order chi connectivity index (χ1) is 9.54. The lowest BCUT2D eigenvalue weighted by molar-refractivity contribution is -0.143. The van der Waals surface area contributed by atoms with Crippen LogP contribution >= 0.6 is 0 Å². The van der Waals surface area contributed by atoms with Gasteiger partial charge in [-0.3, -0.25) is 0 Å². The van der Waals surface area contributed by atoms with Crippen LogP contribution in [0.15, 0.2) is 9.98 Å². The first kappa shape index (κ1) is 16.5. The predicted octanol–water partition coefficient (Wildman–Crippen LogP) is 1.83. The number of ether oxygens (including phenoxy) is 3. The van der Waals surface area contributed by atoms with E-state index in [1.165, 1.54) is 0 Å². The summed E-state index contributed by atoms with van der Waals surface area (Å²) in [5.74, 6) is 0.537. The lowest BCUT2D eigenvalue weighted by Gasteiger charge is -2.27. The van der Waals surface area contributed by atoms with Crippen molar-refractivity contribution in [1.29, 1.82) is 0 Å². The maximum absolute atomic E-state index is 12.0. The lowest BCUT2D eigenvalue weighted by atomic mass is 10.0. The van der Waals surface area contributed by atoms with Gasteiger partial charge in [0.2, 0.25) is 17.8 Å². The van der Waals surface area contributed by atoms with Crippen molar-refractivity contribution < 1.29 is 19.0 Å². The molecule has 6 heteroatoms. The first-order valence-electron chi connectivity index (χ1n) is 7.12. The largest absolute Gasteiger partial charge is 0.480 e. The standard InChI is InChI=1S/C14H24N2O4/c1-6-18-12-10(9(4)5)15-13(19-7-2)11(16-12)14(17)20-8-3/h9-11H,6-8H2,1-5H3/t10-,11?/m0/s1. The minimum absolute atomic E-state index is 0.207. The van der Waals surface area contributed by atoms with Crippen molar-refractivity contribution in [3.05, 3.63) is 0 Å². The summed E-state index contributed by atoms with van der Waals surface area (Å²) in [6.07, 6.45) is 0. The third-order valence-electron chi connectivity index (χ3n) is 2.74. The molecule has 0 aliphatic carbocycles. The minimum Gasteiger partial charge on any atom is -0.480 e. The molecule has 0 saturated carbocycles. The highest BCUT2D eigenvalue weighted by molar-refractivity contribution is 6.07. The van der Waals surface area contributed by atoms with Gasteiger partial charge in [0, 0.05) is 0 Å². The van der Waals surface area contributed by atoms with Crippen molar-refractivity contribution in [2.45, 2.75) is 46.7 Å². The molecule has 2 atom stereocenters. The van der Waals surface area contributed by atoms with Crippen LogP contribution in [-0.4, -0.2) is 49.7 Å². The molecule has 0 spiro atoms. The molecule has 1 rings (SSSR count). The zero-order valence-corrected chi connectivity index (χ0v) is 12.9. The predicted molar refractivity (Wildman–Crippen MR) is 77.2 cm³/mol. The van der Waals surface area contributed by atoms with E-state index in [9.17, 15) is 4.79 Å². The Balaban J connectivity index is 3.05. The van der Waals surface area contributed by atoms with Crippen LogP contribution in [0, 0.1) is 5.92 Å². The Bertz CT molecular complexity index is 391. The fourth-order valence-corrected chi connectivity index (χ4v) is 1.87. The molecule has 0 aromatic carbocycles. The first-order valence-corrected chi connectivity index (χ1v) is 7.12. The van der Waals surface area contributed by atoms with Crippen molar-refractivity contribution >= 4 is 17.8 Å². The molecule has 0 aromatic rings. The molecule has 0 bridgehead atoms. The molecular formula is C14H24N2O4. The van der Waals surface area contributed by atoms with E-state index in [2.05, 4.69) is 9.98 Å². The van der Waals surface area contributed by atoms with E-state index in [1.54, 1.807) is 6.92 Å². The fraction of sp³-hybridized carbons (Fsp3) is 0.786. The van der Waals surface area contributed by atoms with Gasteiger partial charge in [0.1, 0.15) is 6.04 Å². The van der Waals surface area contributed by atoms with Gasteiger partial charge in [-0.1, -0.05) is 13.8 Å². The number of rotatable bonds is 5. The molecule has 1 heterocycles. The van der Waals surface area contributed by atoms with Crippen LogP contribution in [0.3, 0.4) is 0 Å². The third kappa shape index (κ3) is 3.95. The normalized spacial score (nSPS) is 22.1. The summed E-state index contributed by atoms with van der Waals surface area (Å²) in [5, 5.41) is 0. The van der Waals surface area contributed by atoms with Crippen molar-refractivity contribution in [2.75, 3.05) is 19.8 Å². The molecule has 20 heavy (non-hydrogen) atoms. The number of hydrogen-bond donors (Lipinski definition) is 0. The Kier molecular flexibility index (Phi) is 6.48. The van der Waals surface area contributed by atoms with E-state index in [0.29, 0.717) is 31.6 Å². The number of esters is 1. The van der Waals surface area contributed by atoms with Gasteiger partial charge in [-0.25, -0.2) is 14.8 Å². The van der Waals surface area contributed by atoms with Gasteiger partial charge in [-0.15, -0.1) is 0 Å². The minimum atomic E-state index is -0.855. The summed E-state index contributed by atoms with van der Waals surface area (Å²) in [7, 11) is 0. The van der Waals surface area contributed by atoms with Gasteiger partial charge in [0.25, 0.3) is 0 Å². The topological polar surface area (TPSA) is 69.5 Å². The Morgan fingerprint density at radius 1 is 1.05 bits per heavy atom. The fourth-order valence-electron chi connectivity index (χ4n) is 1.87. The van der Waals surface area contributed by atoms with Crippen LogP contribution in [-0.2, 0) is 19.0 Å². The zero-order valence-electron chi connectivity index (χ0n) is 12.9. The highest BCUT2D eigenvalue weighted by Crippen LogP contribution is 2.18. The molecule has 0 N–H and O–H groups in total. The van der Waals surface area contributed by atoms with E-state index < -0.39 is 12.0 Å². The second-order valence-electron chi connectivity index (χ2n) is 4.64. The van der Waals surface area contributed by atoms with Crippen LogP contribution in [0.5, 0.6) is 0 Å². The average molecular weight is 284 g/mol. The Morgan fingerprint density at radius 3 is 2.15 bits per heavy atom. The van der Waals surface area contributed by atoms with E-state index in [-0.39, 0.29) is 12.0 Å². The molecule has 0 saturated heterocycles. The lowest BCUT2D eigenvalue weighted by Crippen LogP contribution is -2.42. The maximum Gasteiger partial charge on any atom is 0.340 e. The summed E-state index contributed by atoms with van der Waals surface area (Å²) >= 11 is 0. The van der Waals surface area contributed by atoms with E-state index in [0.717, 1.165) is 0 Å². The summed E-state index contributed by atoms with van der Waals surface area (Å²) in [6.45, 7) is 10.7. The van der Waals surface area contributed by atoms with Crippen LogP contribution in [0.2, 0.25) is 0 Å². The van der Waals surface area contributed by atoms with E-state index in [1.807, 2.05) is 27.7 Å². The van der Waals surface area contributed by atoms with Gasteiger partial charge in [-0.05, 0) is 26.7 Å². The molecule has 6 nitrogen and oxygen atoms in total. The SMILES string of the molecule is CCOC(=O)C1N=C(OCC)[C@H](C(C)C)N=C1OCC. The molecule has 114 valence electrons. The highest BCUT2D eigenvalue weighted by atomic mass is 16.5. The zero-order chi connectivity index (χ0) is 15.1. The summed E-state index contributed by atoms with van der Waals surface area (Å²) < 4.78 is 16.0. The summed E-state index contributed by atoms with van der Waals surface area (Å²) in [6, 6.07) is -1.08. The van der Waals surface area contributed by atoms with Crippen molar-refractivity contribution in [3.63, 3.8) is 0 Å². The highest BCUT2D eigenvalue weighted by Gasteiger charge is 2.36. The number of hydrogen-bond acceptors (Lipinski definition) is 6. The average Bonchev–Trinajstić information content (AvgIpc) is 2.40. The van der Waals surface area contributed by atoms with Crippen molar-refractivity contribution in [1.82, 2.24) is 0 Å². The van der Waals surface area contributed by atoms with Crippen LogP contribution in [0.25, 0.3) is 0 Å². The van der Waals surface area contributed by atoms with Crippen molar-refractivity contribution in [2.24, 2.45) is 15.9 Å². The molecule has 0 radical (unpaired) electrons. The second kappa shape index (κ2) is 7.87. The smallest absolute Gasteiger partial charge is 0.340 e. The van der Waals surface area contributed by atoms with E-state index >= 15 is 0 Å². The molecular weight excluding hydrogens is 260 g/mol. The molecule has 1 aliphatic rings. The van der Waals surface area contributed by atoms with Gasteiger partial charge in [-0.2, -0.15) is 0 Å². The Hall–Kier alpha value is -1.59. The molecule has 1 aliphatic heterocycles. The quantitative estimate of drug-likeness (QED) is 0.722. The number of nitrogens with zero attached hydrogens (tertiary/aromatic N) is 2. The monoisotopic (exact) mass is 284 g/mol. The Morgan fingerprint density at radius 2 is 1.65 bits per heavy atom. The van der Waals surface area contributed by atoms with Gasteiger partial charge in [0.15, 0.2) is 0 Å². The molecule has 1 unspecified atom stereocenters. The van der Waals surface area contributed by atoms with Crippen LogP contribution in [0.4, 0.5) is 0 Å². The number of carbonyl (C=O) groups excluding carboxylic acids is 1. The molecule has 0 aromatic heterocycles. The molecule has 0 amide bonds. The summed E-state index contributed by atoms with van der Waals surface area (Å²) in [4.78, 5) is 20.8. The Labute approximate surface area is 120 Å². The molecule has 0 fully saturated rings. The maximum atomic E-state index is 12.0. The van der Waals surface area contributed by atoms with Crippen molar-refractivity contribution in [3.8, 4) is 0 Å².